The molecule has 2 aromatic carbocycles. The minimum Gasteiger partial charge on any atom is -0.494 e. The molecule has 1 aliphatic rings. The maximum atomic E-state index is 5.90. The number of hydrogen-bond donors (Lipinski definition) is 1. The second kappa shape index (κ2) is 8.24. The van der Waals surface area contributed by atoms with E-state index in [0.29, 0.717) is 0 Å². The van der Waals surface area contributed by atoms with Crippen LogP contribution in [0.4, 0.5) is 0 Å². The summed E-state index contributed by atoms with van der Waals surface area (Å²) >= 11 is 0. The molecular formula is C23H26N2O. The molecule has 1 aromatic heterocycles. The summed E-state index contributed by atoms with van der Waals surface area (Å²) in [6, 6.07) is 19.0. The predicted molar refractivity (Wildman–Crippen MR) is 109 cm³/mol. The van der Waals surface area contributed by atoms with E-state index in [4.69, 9.17) is 4.74 Å². The average molecular weight is 346 g/mol. The molecule has 4 rings (SSSR count). The number of unbranched alkanes of at least 4 members (excludes halogenated alkanes) is 1. The fourth-order valence-electron chi connectivity index (χ4n) is 3.58. The van der Waals surface area contributed by atoms with E-state index in [2.05, 4.69) is 64.5 Å². The van der Waals surface area contributed by atoms with Crippen LogP contribution in [0.3, 0.4) is 0 Å². The molecule has 0 spiro atoms. The topological polar surface area (TPSA) is 28.3 Å². The molecule has 0 saturated heterocycles. The summed E-state index contributed by atoms with van der Waals surface area (Å²) in [7, 11) is 0. The predicted octanol–water partition coefficient (Wildman–Crippen LogP) is 5.12. The molecule has 1 aliphatic heterocycles. The van der Waals surface area contributed by atoms with Crippen LogP contribution in [0, 0.1) is 0 Å². The van der Waals surface area contributed by atoms with Gasteiger partial charge in [0.25, 0.3) is 0 Å². The van der Waals surface area contributed by atoms with Gasteiger partial charge in [-0.25, -0.2) is 0 Å². The molecule has 0 unspecified atom stereocenters. The molecule has 0 bridgehead atoms. The number of aromatic nitrogens is 1. The summed E-state index contributed by atoms with van der Waals surface area (Å²) in [5.41, 5.74) is 4.02. The van der Waals surface area contributed by atoms with Crippen molar-refractivity contribution in [2.75, 3.05) is 26.2 Å². The highest BCUT2D eigenvalue weighted by molar-refractivity contribution is 5.80. The Morgan fingerprint density at radius 3 is 2.77 bits per heavy atom. The summed E-state index contributed by atoms with van der Waals surface area (Å²) in [4.78, 5) is 5.75. The van der Waals surface area contributed by atoms with Crippen LogP contribution in [0.2, 0.25) is 0 Å². The van der Waals surface area contributed by atoms with Crippen LogP contribution in [-0.4, -0.2) is 36.1 Å². The molecule has 134 valence electrons. The van der Waals surface area contributed by atoms with E-state index in [1.165, 1.54) is 22.9 Å². The first-order valence-electron chi connectivity index (χ1n) is 9.55. The van der Waals surface area contributed by atoms with Crippen molar-refractivity contribution >= 4 is 16.5 Å². The summed E-state index contributed by atoms with van der Waals surface area (Å²) in [5, 5.41) is 1.21. The van der Waals surface area contributed by atoms with Gasteiger partial charge < -0.3 is 9.72 Å². The molecular weight excluding hydrogens is 320 g/mol. The monoisotopic (exact) mass is 346 g/mol. The maximum Gasteiger partial charge on any atom is 0.120 e. The lowest BCUT2D eigenvalue weighted by atomic mass is 9.99. The third kappa shape index (κ3) is 4.17. The highest BCUT2D eigenvalue weighted by atomic mass is 16.5. The number of H-pyrrole nitrogens is 1. The molecule has 0 aliphatic carbocycles. The summed E-state index contributed by atoms with van der Waals surface area (Å²) in [6.45, 7) is 4.16. The van der Waals surface area contributed by atoms with Gasteiger partial charge in [-0.1, -0.05) is 36.4 Å². The molecule has 2 heterocycles. The van der Waals surface area contributed by atoms with Crippen molar-refractivity contribution in [3.05, 3.63) is 72.4 Å². The van der Waals surface area contributed by atoms with Crippen LogP contribution in [0.15, 0.2) is 66.9 Å². The Labute approximate surface area is 155 Å². The van der Waals surface area contributed by atoms with Crippen LogP contribution in [0.1, 0.15) is 24.8 Å². The fourth-order valence-corrected chi connectivity index (χ4v) is 3.58. The maximum absolute atomic E-state index is 5.90. The Bertz CT molecular complexity index is 866. The van der Waals surface area contributed by atoms with Gasteiger partial charge in [-0.05, 0) is 61.2 Å². The molecule has 0 radical (unpaired) electrons. The second-order valence-corrected chi connectivity index (χ2v) is 6.93. The third-order valence-corrected chi connectivity index (χ3v) is 5.10. The van der Waals surface area contributed by atoms with E-state index in [1.54, 1.807) is 0 Å². The molecule has 1 N–H and O–H groups in total. The van der Waals surface area contributed by atoms with Crippen LogP contribution in [-0.2, 0) is 0 Å². The van der Waals surface area contributed by atoms with Gasteiger partial charge in [-0.3, -0.25) is 4.90 Å². The van der Waals surface area contributed by atoms with Gasteiger partial charge in [0.15, 0.2) is 0 Å². The normalized spacial score (nSPS) is 15.2. The van der Waals surface area contributed by atoms with Gasteiger partial charge in [-0.15, -0.1) is 0 Å². The summed E-state index contributed by atoms with van der Waals surface area (Å²) in [5.74, 6) is 0.963. The van der Waals surface area contributed by atoms with Gasteiger partial charge in [0.05, 0.1) is 6.61 Å². The molecule has 0 saturated carbocycles. The Kier molecular flexibility index (Phi) is 5.36. The Hall–Kier alpha value is -2.52. The SMILES string of the molecule is C1=C(c2ccccc2)CCN(CCCCOc2ccc3[nH]ccc3c2)C1. The van der Waals surface area contributed by atoms with Crippen LogP contribution < -0.4 is 4.74 Å². The zero-order valence-corrected chi connectivity index (χ0v) is 15.2. The van der Waals surface area contributed by atoms with Crippen molar-refractivity contribution in [1.29, 1.82) is 0 Å². The fraction of sp³-hybridized carbons (Fsp3) is 0.304. The Morgan fingerprint density at radius 2 is 1.92 bits per heavy atom. The lowest BCUT2D eigenvalue weighted by molar-refractivity contribution is 0.265. The smallest absolute Gasteiger partial charge is 0.120 e. The zero-order chi connectivity index (χ0) is 17.6. The first kappa shape index (κ1) is 16.9. The van der Waals surface area contributed by atoms with Crippen molar-refractivity contribution in [1.82, 2.24) is 9.88 Å². The quantitative estimate of drug-likeness (QED) is 0.602. The van der Waals surface area contributed by atoms with Crippen molar-refractivity contribution in [3.63, 3.8) is 0 Å². The number of hydrogen-bond acceptors (Lipinski definition) is 2. The zero-order valence-electron chi connectivity index (χ0n) is 15.2. The number of benzene rings is 2. The molecule has 3 aromatic rings. The largest absolute Gasteiger partial charge is 0.494 e. The molecule has 26 heavy (non-hydrogen) atoms. The standard InChI is InChI=1S/C23H26N2O/c1-2-6-19(7-3-1)20-11-15-25(16-12-20)14-4-5-17-26-22-8-9-23-21(18-22)10-13-24-23/h1-3,6-11,13,18,24H,4-5,12,14-17H2. The summed E-state index contributed by atoms with van der Waals surface area (Å²) in [6.07, 6.45) is 7.78. The average Bonchev–Trinajstić information content (AvgIpc) is 3.17. The minimum atomic E-state index is 0.787. The van der Waals surface area contributed by atoms with Gasteiger partial charge in [0.1, 0.15) is 5.75 Å². The first-order chi connectivity index (χ1) is 12.9. The minimum absolute atomic E-state index is 0.787. The number of nitrogens with zero attached hydrogens (tertiary/aromatic N) is 1. The lowest BCUT2D eigenvalue weighted by Crippen LogP contribution is -2.29. The van der Waals surface area contributed by atoms with Crippen molar-refractivity contribution < 1.29 is 4.74 Å². The van der Waals surface area contributed by atoms with Crippen molar-refractivity contribution in [2.24, 2.45) is 0 Å². The second-order valence-electron chi connectivity index (χ2n) is 6.93. The van der Waals surface area contributed by atoms with Gasteiger partial charge in [0, 0.05) is 30.2 Å². The van der Waals surface area contributed by atoms with E-state index in [0.717, 1.165) is 50.3 Å². The molecule has 0 fully saturated rings. The van der Waals surface area contributed by atoms with Gasteiger partial charge in [-0.2, -0.15) is 0 Å². The number of fused-ring (bicyclic) bond motifs is 1. The van der Waals surface area contributed by atoms with Crippen LogP contribution >= 0.6 is 0 Å². The van der Waals surface area contributed by atoms with Crippen LogP contribution in [0.25, 0.3) is 16.5 Å². The third-order valence-electron chi connectivity index (χ3n) is 5.10. The lowest BCUT2D eigenvalue weighted by Gasteiger charge is -2.26. The summed E-state index contributed by atoms with van der Waals surface area (Å²) < 4.78 is 5.90. The Balaban J connectivity index is 1.17. The van der Waals surface area contributed by atoms with E-state index in [-0.39, 0.29) is 0 Å². The van der Waals surface area contributed by atoms with Gasteiger partial charge in [0.2, 0.25) is 0 Å². The van der Waals surface area contributed by atoms with Crippen LogP contribution in [0.5, 0.6) is 5.75 Å². The highest BCUT2D eigenvalue weighted by Crippen LogP contribution is 2.22. The van der Waals surface area contributed by atoms with E-state index < -0.39 is 0 Å². The highest BCUT2D eigenvalue weighted by Gasteiger charge is 2.12. The molecule has 0 atom stereocenters. The first-order valence-corrected chi connectivity index (χ1v) is 9.55. The van der Waals surface area contributed by atoms with E-state index in [9.17, 15) is 0 Å². The van der Waals surface area contributed by atoms with Gasteiger partial charge >= 0.3 is 0 Å². The van der Waals surface area contributed by atoms with Crippen molar-refractivity contribution in [3.8, 4) is 5.75 Å². The van der Waals surface area contributed by atoms with Crippen molar-refractivity contribution in [2.45, 2.75) is 19.3 Å². The van der Waals surface area contributed by atoms with E-state index in [1.807, 2.05) is 12.3 Å². The number of rotatable bonds is 7. The van der Waals surface area contributed by atoms with E-state index >= 15 is 0 Å². The number of nitrogens with one attached hydrogen (secondary N) is 1. The Morgan fingerprint density at radius 1 is 1.00 bits per heavy atom. The number of aromatic amines is 1. The molecule has 0 amide bonds. The molecule has 3 nitrogen and oxygen atoms in total. The number of ether oxygens (including phenoxy) is 1. The molecule has 3 heteroatoms.